The summed E-state index contributed by atoms with van der Waals surface area (Å²) in [5, 5.41) is 7.25. The van der Waals surface area contributed by atoms with Crippen molar-refractivity contribution >= 4 is 5.91 Å². The summed E-state index contributed by atoms with van der Waals surface area (Å²) in [4.78, 5) is 14.1. The van der Waals surface area contributed by atoms with Crippen molar-refractivity contribution in [2.75, 3.05) is 19.6 Å². The maximum atomic E-state index is 12.3. The van der Waals surface area contributed by atoms with Gasteiger partial charge in [0.1, 0.15) is 0 Å². The molecule has 1 amide bonds. The number of rotatable bonds is 3. The largest absolute Gasteiger partial charge is 0.351 e. The summed E-state index contributed by atoms with van der Waals surface area (Å²) in [5.74, 6) is 0.640. The molecule has 2 heterocycles. The second kappa shape index (κ2) is 5.52. The number of hydrogen-bond acceptors (Lipinski definition) is 4. The summed E-state index contributed by atoms with van der Waals surface area (Å²) < 4.78 is 5.19. The van der Waals surface area contributed by atoms with Crippen LogP contribution in [-0.2, 0) is 0 Å². The molecule has 1 aromatic heterocycles. The third kappa shape index (κ3) is 2.56. The van der Waals surface area contributed by atoms with Gasteiger partial charge in [0.2, 0.25) is 5.76 Å². The van der Waals surface area contributed by atoms with Crippen LogP contribution >= 0.6 is 0 Å². The molecule has 1 aliphatic rings. The number of aromatic nitrogens is 1. The van der Waals surface area contributed by atoms with Crippen LogP contribution in [0.15, 0.2) is 10.6 Å². The molecule has 18 heavy (non-hydrogen) atoms. The minimum absolute atomic E-state index is 0.0500. The van der Waals surface area contributed by atoms with Gasteiger partial charge in [0.25, 0.3) is 5.91 Å². The standard InChI is InChI=1S/C13H21N3O2/c1-4-9(2)11-7-12(18-15-11)13(17)16-6-5-14-8-10(16)3/h7,9-10,14H,4-6,8H2,1-3H3/t9?,10-/m0/s1. The fraction of sp³-hybridized carbons (Fsp3) is 0.692. The number of nitrogens with zero attached hydrogens (tertiary/aromatic N) is 2. The highest BCUT2D eigenvalue weighted by molar-refractivity contribution is 5.91. The Kier molecular flexibility index (Phi) is 4.01. The number of nitrogens with one attached hydrogen (secondary N) is 1. The number of carbonyl (C=O) groups excluding carboxylic acids is 1. The number of hydrogen-bond donors (Lipinski definition) is 1. The van der Waals surface area contributed by atoms with E-state index >= 15 is 0 Å². The molecular weight excluding hydrogens is 230 g/mol. The number of carbonyl (C=O) groups is 1. The predicted octanol–water partition coefficient (Wildman–Crippen LogP) is 1.62. The zero-order chi connectivity index (χ0) is 13.1. The normalized spacial score (nSPS) is 21.9. The molecule has 1 N–H and O–H groups in total. The fourth-order valence-corrected chi connectivity index (χ4v) is 2.12. The van der Waals surface area contributed by atoms with Crippen LogP contribution in [0.4, 0.5) is 0 Å². The van der Waals surface area contributed by atoms with E-state index in [2.05, 4.69) is 24.3 Å². The number of amides is 1. The lowest BCUT2D eigenvalue weighted by Gasteiger charge is -2.33. The second-order valence-electron chi connectivity index (χ2n) is 4.98. The summed E-state index contributed by atoms with van der Waals surface area (Å²) in [6.45, 7) is 8.61. The van der Waals surface area contributed by atoms with E-state index in [9.17, 15) is 4.79 Å². The molecule has 1 fully saturated rings. The monoisotopic (exact) mass is 251 g/mol. The van der Waals surface area contributed by atoms with Gasteiger partial charge in [0.05, 0.1) is 5.69 Å². The molecule has 100 valence electrons. The molecular formula is C13H21N3O2. The van der Waals surface area contributed by atoms with Gasteiger partial charge in [-0.05, 0) is 13.3 Å². The number of piperazine rings is 1. The van der Waals surface area contributed by atoms with Crippen molar-refractivity contribution in [2.24, 2.45) is 0 Å². The van der Waals surface area contributed by atoms with E-state index in [4.69, 9.17) is 4.52 Å². The third-order valence-electron chi connectivity index (χ3n) is 3.62. The van der Waals surface area contributed by atoms with E-state index < -0.39 is 0 Å². The predicted molar refractivity (Wildman–Crippen MR) is 68.6 cm³/mol. The zero-order valence-corrected chi connectivity index (χ0v) is 11.3. The highest BCUT2D eigenvalue weighted by Crippen LogP contribution is 2.19. The van der Waals surface area contributed by atoms with Gasteiger partial charge in [-0.2, -0.15) is 0 Å². The zero-order valence-electron chi connectivity index (χ0n) is 11.3. The summed E-state index contributed by atoms with van der Waals surface area (Å²) in [7, 11) is 0. The topological polar surface area (TPSA) is 58.4 Å². The van der Waals surface area contributed by atoms with Crippen LogP contribution in [0.2, 0.25) is 0 Å². The molecule has 1 saturated heterocycles. The Morgan fingerprint density at radius 1 is 1.72 bits per heavy atom. The molecule has 0 radical (unpaired) electrons. The molecule has 0 saturated carbocycles. The van der Waals surface area contributed by atoms with E-state index in [1.54, 1.807) is 6.07 Å². The lowest BCUT2D eigenvalue weighted by molar-refractivity contribution is 0.0613. The highest BCUT2D eigenvalue weighted by atomic mass is 16.5. The maximum absolute atomic E-state index is 12.3. The van der Waals surface area contributed by atoms with Crippen molar-refractivity contribution in [2.45, 2.75) is 39.2 Å². The van der Waals surface area contributed by atoms with Crippen LogP contribution in [0.3, 0.4) is 0 Å². The smallest absolute Gasteiger partial charge is 0.292 e. The van der Waals surface area contributed by atoms with Gasteiger partial charge in [-0.1, -0.05) is 19.0 Å². The van der Waals surface area contributed by atoms with Crippen molar-refractivity contribution in [1.82, 2.24) is 15.4 Å². The Labute approximate surface area is 108 Å². The molecule has 0 spiro atoms. The minimum Gasteiger partial charge on any atom is -0.351 e. The molecule has 0 aliphatic carbocycles. The molecule has 5 nitrogen and oxygen atoms in total. The molecule has 2 rings (SSSR count). The van der Waals surface area contributed by atoms with Crippen molar-refractivity contribution in [1.29, 1.82) is 0 Å². The van der Waals surface area contributed by atoms with E-state index in [-0.39, 0.29) is 11.9 Å². The summed E-state index contributed by atoms with van der Waals surface area (Å²) >= 11 is 0. The molecule has 0 aromatic carbocycles. The van der Waals surface area contributed by atoms with Gasteiger partial charge in [-0.15, -0.1) is 0 Å². The average Bonchev–Trinajstić information content (AvgIpc) is 2.87. The Hall–Kier alpha value is -1.36. The summed E-state index contributed by atoms with van der Waals surface area (Å²) in [6.07, 6.45) is 0.990. The maximum Gasteiger partial charge on any atom is 0.292 e. The van der Waals surface area contributed by atoms with Crippen LogP contribution in [0, 0.1) is 0 Å². The molecule has 1 unspecified atom stereocenters. The quantitative estimate of drug-likeness (QED) is 0.887. The lowest BCUT2D eigenvalue weighted by Crippen LogP contribution is -2.52. The molecule has 1 aliphatic heterocycles. The Morgan fingerprint density at radius 2 is 2.50 bits per heavy atom. The van der Waals surface area contributed by atoms with Gasteiger partial charge in [-0.3, -0.25) is 4.79 Å². The SMILES string of the molecule is CCC(C)c1cc(C(=O)N2CCNC[C@@H]2C)on1. The first-order valence-electron chi connectivity index (χ1n) is 6.61. The summed E-state index contributed by atoms with van der Waals surface area (Å²) in [6, 6.07) is 1.98. The van der Waals surface area contributed by atoms with E-state index in [0.717, 1.165) is 31.7 Å². The van der Waals surface area contributed by atoms with Gasteiger partial charge >= 0.3 is 0 Å². The van der Waals surface area contributed by atoms with E-state index in [1.165, 1.54) is 0 Å². The van der Waals surface area contributed by atoms with Crippen LogP contribution in [0.1, 0.15) is 49.4 Å². The van der Waals surface area contributed by atoms with Crippen molar-refractivity contribution in [3.05, 3.63) is 17.5 Å². The second-order valence-corrected chi connectivity index (χ2v) is 4.98. The first-order valence-corrected chi connectivity index (χ1v) is 6.61. The Morgan fingerprint density at radius 3 is 3.17 bits per heavy atom. The highest BCUT2D eigenvalue weighted by Gasteiger charge is 2.27. The molecule has 1 aromatic rings. The Balaban J connectivity index is 2.10. The minimum atomic E-state index is -0.0500. The van der Waals surface area contributed by atoms with Crippen molar-refractivity contribution in [3.8, 4) is 0 Å². The van der Waals surface area contributed by atoms with Gasteiger partial charge in [-0.25, -0.2) is 0 Å². The van der Waals surface area contributed by atoms with Gasteiger partial charge in [0, 0.05) is 37.7 Å². The van der Waals surface area contributed by atoms with Crippen molar-refractivity contribution < 1.29 is 9.32 Å². The van der Waals surface area contributed by atoms with Crippen LogP contribution < -0.4 is 5.32 Å². The fourth-order valence-electron chi connectivity index (χ4n) is 2.12. The van der Waals surface area contributed by atoms with E-state index in [0.29, 0.717) is 11.7 Å². The Bertz CT molecular complexity index is 416. The molecule has 2 atom stereocenters. The van der Waals surface area contributed by atoms with Crippen LogP contribution in [0.5, 0.6) is 0 Å². The van der Waals surface area contributed by atoms with Gasteiger partial charge in [0.15, 0.2) is 0 Å². The van der Waals surface area contributed by atoms with Crippen molar-refractivity contribution in [3.63, 3.8) is 0 Å². The third-order valence-corrected chi connectivity index (χ3v) is 3.62. The first kappa shape index (κ1) is 13.1. The molecule has 0 bridgehead atoms. The average molecular weight is 251 g/mol. The van der Waals surface area contributed by atoms with Gasteiger partial charge < -0.3 is 14.7 Å². The first-order chi connectivity index (χ1) is 8.63. The lowest BCUT2D eigenvalue weighted by atomic mass is 10.1. The molecule has 5 heteroatoms. The van der Waals surface area contributed by atoms with E-state index in [1.807, 2.05) is 11.8 Å². The van der Waals surface area contributed by atoms with Crippen LogP contribution in [0.25, 0.3) is 0 Å². The van der Waals surface area contributed by atoms with Crippen LogP contribution in [-0.4, -0.2) is 41.6 Å². The summed E-state index contributed by atoms with van der Waals surface area (Å²) in [5.41, 5.74) is 0.864.